The number of rotatable bonds is 8. The molecule has 0 saturated heterocycles. The molecule has 1 aromatic carbocycles. The largest absolute Gasteiger partial charge is 0.462 e. The number of nitriles is 1. The summed E-state index contributed by atoms with van der Waals surface area (Å²) in [7, 11) is 0. The zero-order valence-corrected chi connectivity index (χ0v) is 16.8. The lowest BCUT2D eigenvalue weighted by Gasteiger charge is -2.25. The van der Waals surface area contributed by atoms with Gasteiger partial charge in [0.25, 0.3) is 5.91 Å². The Kier molecular flexibility index (Phi) is 5.60. The van der Waals surface area contributed by atoms with E-state index >= 15 is 0 Å². The minimum atomic E-state index is -0.785. The number of imidazole rings is 1. The summed E-state index contributed by atoms with van der Waals surface area (Å²) >= 11 is 0. The Balaban J connectivity index is 1.79. The van der Waals surface area contributed by atoms with Gasteiger partial charge in [0.15, 0.2) is 17.2 Å². The molecule has 8 nitrogen and oxygen atoms in total. The Labute approximate surface area is 179 Å². The van der Waals surface area contributed by atoms with E-state index in [2.05, 4.69) is 4.98 Å². The normalized spacial score (nSPS) is 18.4. The zero-order chi connectivity index (χ0) is 21.7. The summed E-state index contributed by atoms with van der Waals surface area (Å²) in [4.78, 5) is 15.8. The number of allylic oxidation sites excluding steroid dienone is 2. The third-order valence-corrected chi connectivity index (χ3v) is 5.02. The number of benzene rings is 1. The van der Waals surface area contributed by atoms with Crippen LogP contribution in [0.2, 0.25) is 0 Å². The van der Waals surface area contributed by atoms with E-state index in [-0.39, 0.29) is 10.2 Å². The Hall–Kier alpha value is -4.22. The number of amides is 1. The van der Waals surface area contributed by atoms with Crippen molar-refractivity contribution in [1.29, 1.82) is 5.26 Å². The fourth-order valence-corrected chi connectivity index (χ4v) is 3.56. The Bertz CT molecular complexity index is 1180. The van der Waals surface area contributed by atoms with Crippen molar-refractivity contribution in [1.82, 2.24) is 14.1 Å². The fourth-order valence-electron chi connectivity index (χ4n) is 3.56. The first-order valence-electron chi connectivity index (χ1n) is 9.79. The minimum absolute atomic E-state index is 0.142. The van der Waals surface area contributed by atoms with Crippen LogP contribution in [-0.2, 0) is 11.3 Å². The fraction of sp³-hybridized carbons (Fsp3) is 0.130. The van der Waals surface area contributed by atoms with E-state index in [1.165, 1.54) is 6.08 Å². The van der Waals surface area contributed by atoms with Crippen LogP contribution in [0.25, 0.3) is 0 Å². The third-order valence-electron chi connectivity index (χ3n) is 5.02. The molecule has 0 spiro atoms. The van der Waals surface area contributed by atoms with Gasteiger partial charge in [0.2, 0.25) is 0 Å². The van der Waals surface area contributed by atoms with Crippen LogP contribution < -0.4 is 10.3 Å². The molecule has 0 aliphatic carbocycles. The molecule has 1 unspecified atom stereocenters. The van der Waals surface area contributed by atoms with Crippen molar-refractivity contribution >= 4 is 17.3 Å². The summed E-state index contributed by atoms with van der Waals surface area (Å²) in [5.41, 5.74) is 7.35. The first kappa shape index (κ1) is 20.1. The van der Waals surface area contributed by atoms with Crippen LogP contribution in [0.1, 0.15) is 12.2 Å². The van der Waals surface area contributed by atoms with Gasteiger partial charge in [-0.05, 0) is 18.2 Å². The van der Waals surface area contributed by atoms with E-state index in [1.54, 1.807) is 30.9 Å². The molecule has 0 fully saturated rings. The summed E-state index contributed by atoms with van der Waals surface area (Å²) in [6, 6.07) is 15.3. The van der Waals surface area contributed by atoms with Crippen LogP contribution in [0.15, 0.2) is 100 Å². The number of quaternary nitrogens is 1. The molecule has 2 aromatic heterocycles. The number of carbonyl (C=O) groups excluding carboxylic acids is 1. The molecular weight excluding hydrogens is 392 g/mol. The first-order valence-corrected chi connectivity index (χ1v) is 9.79. The highest BCUT2D eigenvalue weighted by Gasteiger charge is 2.38. The van der Waals surface area contributed by atoms with Gasteiger partial charge in [-0.2, -0.15) is 5.26 Å². The summed E-state index contributed by atoms with van der Waals surface area (Å²) < 4.78 is 7.78. The predicted octanol–water partition coefficient (Wildman–Crippen LogP) is 3.11. The maximum absolute atomic E-state index is 11.7. The van der Waals surface area contributed by atoms with Crippen molar-refractivity contribution in [3.05, 3.63) is 96.6 Å². The number of hydrogen-bond donors (Lipinski definition) is 1. The number of primary amides is 1. The molecule has 1 atom stereocenters. The van der Waals surface area contributed by atoms with E-state index < -0.39 is 5.91 Å². The minimum Gasteiger partial charge on any atom is -0.462 e. The maximum atomic E-state index is 11.7. The van der Waals surface area contributed by atoms with Gasteiger partial charge in [-0.15, -0.1) is 4.59 Å². The Morgan fingerprint density at radius 3 is 2.74 bits per heavy atom. The van der Waals surface area contributed by atoms with Gasteiger partial charge in [-0.1, -0.05) is 23.3 Å². The van der Waals surface area contributed by atoms with Crippen LogP contribution in [-0.4, -0.2) is 27.7 Å². The molecule has 0 bridgehead atoms. The van der Waals surface area contributed by atoms with Gasteiger partial charge in [0.1, 0.15) is 24.4 Å². The van der Waals surface area contributed by atoms with Gasteiger partial charge in [-0.25, -0.2) is 4.98 Å². The molecule has 3 heterocycles. The molecular formula is C23H21N6O2+. The van der Waals surface area contributed by atoms with E-state index in [1.807, 2.05) is 53.4 Å². The van der Waals surface area contributed by atoms with Crippen LogP contribution in [0.3, 0.4) is 0 Å². The zero-order valence-electron chi connectivity index (χ0n) is 16.8. The molecule has 3 aromatic rings. The molecule has 154 valence electrons. The Morgan fingerprint density at radius 2 is 2.10 bits per heavy atom. The van der Waals surface area contributed by atoms with E-state index in [4.69, 9.17) is 15.3 Å². The van der Waals surface area contributed by atoms with Gasteiger partial charge in [-0.3, -0.25) is 4.79 Å². The lowest BCUT2D eigenvalue weighted by molar-refractivity contribution is -0.114. The van der Waals surface area contributed by atoms with Crippen molar-refractivity contribution in [2.24, 2.45) is 10.8 Å². The number of nitrogens with zero attached hydrogens (tertiary/aromatic N) is 5. The number of hydrogen-bond acceptors (Lipinski definition) is 5. The molecule has 4 rings (SSSR count). The molecule has 31 heavy (non-hydrogen) atoms. The summed E-state index contributed by atoms with van der Waals surface area (Å²) in [6.07, 6.45) is 11.2. The number of aromatic nitrogens is 2. The van der Waals surface area contributed by atoms with Crippen LogP contribution in [0.4, 0.5) is 5.69 Å². The predicted molar refractivity (Wildman–Crippen MR) is 116 cm³/mol. The van der Waals surface area contributed by atoms with Crippen molar-refractivity contribution in [2.45, 2.75) is 13.0 Å². The quantitative estimate of drug-likeness (QED) is 0.347. The first-order chi connectivity index (χ1) is 15.1. The van der Waals surface area contributed by atoms with Crippen molar-refractivity contribution in [3.63, 3.8) is 0 Å². The lowest BCUT2D eigenvalue weighted by Crippen LogP contribution is -2.38. The average molecular weight is 413 g/mol. The van der Waals surface area contributed by atoms with Crippen molar-refractivity contribution in [2.75, 3.05) is 6.54 Å². The SMILES string of the molecule is N#CC(=CC1=C[N+](CCCn2ccnc2)(c2ccccc2)N=C1c1ccco1)C(N)=O. The number of aryl methyl sites for hydroxylation is 1. The third kappa shape index (κ3) is 4.22. The molecule has 2 N–H and O–H groups in total. The van der Waals surface area contributed by atoms with Gasteiger partial charge in [0.05, 0.1) is 18.2 Å². The highest BCUT2D eigenvalue weighted by atomic mass is 16.3. The summed E-state index contributed by atoms with van der Waals surface area (Å²) in [5.74, 6) is -0.234. The smallest absolute Gasteiger partial charge is 0.259 e. The van der Waals surface area contributed by atoms with Gasteiger partial charge < -0.3 is 14.7 Å². The van der Waals surface area contributed by atoms with Gasteiger partial charge in [0, 0.05) is 37.5 Å². The number of nitrogens with two attached hydrogens (primary N) is 1. The van der Waals surface area contributed by atoms with Crippen molar-refractivity contribution < 1.29 is 9.21 Å². The lowest BCUT2D eigenvalue weighted by atomic mass is 10.1. The highest BCUT2D eigenvalue weighted by molar-refractivity contribution is 6.15. The topological polar surface area (TPSA) is 110 Å². The number of carbonyl (C=O) groups is 1. The second-order valence-electron chi connectivity index (χ2n) is 7.08. The maximum Gasteiger partial charge on any atom is 0.259 e. The highest BCUT2D eigenvalue weighted by Crippen LogP contribution is 2.34. The number of para-hydroxylation sites is 1. The van der Waals surface area contributed by atoms with E-state index in [9.17, 15) is 10.1 Å². The van der Waals surface area contributed by atoms with E-state index in [0.717, 1.165) is 18.7 Å². The molecule has 1 aliphatic heterocycles. The van der Waals surface area contributed by atoms with Crippen LogP contribution in [0.5, 0.6) is 0 Å². The monoisotopic (exact) mass is 413 g/mol. The second-order valence-corrected chi connectivity index (χ2v) is 7.08. The standard InChI is InChI=1S/C23H20N6O2/c24-15-18(23(25)30)14-19-16-29(20-6-2-1-3-7-20,12-5-10-28-11-9-26-17-28)27-22(19)21-8-4-13-31-21/h1-4,6-9,11,13-14,16-17H,5,10,12H2,(H-,25,30)/p+1. The van der Waals surface area contributed by atoms with Crippen LogP contribution in [0, 0.1) is 11.3 Å². The van der Waals surface area contributed by atoms with E-state index in [0.29, 0.717) is 23.6 Å². The molecule has 8 heteroatoms. The molecule has 1 amide bonds. The average Bonchev–Trinajstić information content (AvgIpc) is 3.54. The molecule has 0 saturated carbocycles. The van der Waals surface area contributed by atoms with Crippen molar-refractivity contribution in [3.8, 4) is 6.07 Å². The summed E-state index contributed by atoms with van der Waals surface area (Å²) in [6.45, 7) is 1.43. The Morgan fingerprint density at radius 1 is 1.26 bits per heavy atom. The second kappa shape index (κ2) is 8.65. The number of furan rings is 1. The van der Waals surface area contributed by atoms with Crippen LogP contribution >= 0.6 is 0 Å². The summed E-state index contributed by atoms with van der Waals surface area (Å²) in [5, 5.41) is 14.4. The van der Waals surface area contributed by atoms with Gasteiger partial charge >= 0.3 is 0 Å². The molecule has 1 aliphatic rings. The molecule has 0 radical (unpaired) electrons.